The van der Waals surface area contributed by atoms with Crippen molar-refractivity contribution in [1.29, 1.82) is 0 Å². The third-order valence-electron chi connectivity index (χ3n) is 5.03. The van der Waals surface area contributed by atoms with Crippen molar-refractivity contribution in [2.75, 3.05) is 52.8 Å². The van der Waals surface area contributed by atoms with E-state index in [4.69, 9.17) is 9.47 Å². The van der Waals surface area contributed by atoms with Gasteiger partial charge in [-0.1, -0.05) is 0 Å². The molecule has 7 nitrogen and oxygen atoms in total. The van der Waals surface area contributed by atoms with Gasteiger partial charge in [-0.2, -0.15) is 0 Å². The van der Waals surface area contributed by atoms with Gasteiger partial charge < -0.3 is 24.6 Å². The molecule has 2 aliphatic rings. The van der Waals surface area contributed by atoms with E-state index in [0.29, 0.717) is 43.1 Å². The molecule has 0 bridgehead atoms. The summed E-state index contributed by atoms with van der Waals surface area (Å²) in [5, 5.41) is 2.87. The van der Waals surface area contributed by atoms with Crippen LogP contribution in [0.3, 0.4) is 0 Å². The van der Waals surface area contributed by atoms with Gasteiger partial charge in [0.15, 0.2) is 11.5 Å². The number of carbonyl (C=O) groups excluding carboxylic acids is 2. The van der Waals surface area contributed by atoms with Crippen molar-refractivity contribution in [2.24, 2.45) is 5.41 Å². The number of benzene rings is 1. The van der Waals surface area contributed by atoms with Crippen LogP contribution >= 0.6 is 0 Å². The molecule has 1 N–H and O–H groups in total. The number of piperazine rings is 1. The average Bonchev–Trinajstić information content (AvgIpc) is 3.43. The molecule has 0 radical (unpaired) electrons. The number of hydrogen-bond donors (Lipinski definition) is 1. The minimum Gasteiger partial charge on any atom is -0.493 e. The lowest BCUT2D eigenvalue weighted by atomic mass is 10.0. The van der Waals surface area contributed by atoms with E-state index < -0.39 is 5.41 Å². The minimum absolute atomic E-state index is 0.0430. The standard InChI is InChI=1S/C18H25N3O4/c1-20-8-10-21(11-9-20)17(23)18(6-7-18)16(22)19-13-4-5-14(24-2)15(12-13)25-3/h4-5,12H,6-11H2,1-3H3,(H,19,22). The van der Waals surface area contributed by atoms with Gasteiger partial charge in [0, 0.05) is 37.9 Å². The maximum Gasteiger partial charge on any atom is 0.240 e. The quantitative estimate of drug-likeness (QED) is 0.811. The molecule has 25 heavy (non-hydrogen) atoms. The first-order valence-electron chi connectivity index (χ1n) is 8.51. The van der Waals surface area contributed by atoms with Crippen LogP contribution in [0.4, 0.5) is 5.69 Å². The topological polar surface area (TPSA) is 71.1 Å². The number of rotatable bonds is 5. The molecule has 136 valence electrons. The lowest BCUT2D eigenvalue weighted by Crippen LogP contribution is -2.51. The summed E-state index contributed by atoms with van der Waals surface area (Å²) in [5.74, 6) is 0.855. The van der Waals surface area contributed by atoms with Crippen molar-refractivity contribution in [2.45, 2.75) is 12.8 Å². The number of likely N-dealkylation sites (N-methyl/N-ethyl adjacent to an activating group) is 1. The predicted octanol–water partition coefficient (Wildman–Crippen LogP) is 1.20. The van der Waals surface area contributed by atoms with Gasteiger partial charge in [0.25, 0.3) is 0 Å². The summed E-state index contributed by atoms with van der Waals surface area (Å²) in [6, 6.07) is 5.18. The van der Waals surface area contributed by atoms with Crippen molar-refractivity contribution < 1.29 is 19.1 Å². The zero-order valence-electron chi connectivity index (χ0n) is 15.0. The number of nitrogens with zero attached hydrogens (tertiary/aromatic N) is 2. The van der Waals surface area contributed by atoms with Gasteiger partial charge in [-0.05, 0) is 32.0 Å². The SMILES string of the molecule is COc1ccc(NC(=O)C2(C(=O)N3CCN(C)CC3)CC2)cc1OC. The molecule has 1 aromatic rings. The third-order valence-corrected chi connectivity index (χ3v) is 5.03. The molecule has 1 aliphatic carbocycles. The van der Waals surface area contributed by atoms with Crippen LogP contribution in [-0.2, 0) is 9.59 Å². The minimum atomic E-state index is -0.900. The van der Waals surface area contributed by atoms with E-state index in [1.165, 1.54) is 0 Å². The van der Waals surface area contributed by atoms with Crippen LogP contribution in [0.1, 0.15) is 12.8 Å². The van der Waals surface area contributed by atoms with Crippen LogP contribution in [0, 0.1) is 5.41 Å². The number of ether oxygens (including phenoxy) is 2. The van der Waals surface area contributed by atoms with Crippen LogP contribution < -0.4 is 14.8 Å². The molecule has 0 aromatic heterocycles. The first-order chi connectivity index (χ1) is 12.0. The Hall–Kier alpha value is -2.28. The van der Waals surface area contributed by atoms with E-state index in [9.17, 15) is 9.59 Å². The fourth-order valence-corrected chi connectivity index (χ4v) is 3.14. The highest BCUT2D eigenvalue weighted by Gasteiger charge is 2.58. The number of anilines is 1. The predicted molar refractivity (Wildman–Crippen MR) is 93.9 cm³/mol. The molecule has 1 saturated heterocycles. The summed E-state index contributed by atoms with van der Waals surface area (Å²) >= 11 is 0. The van der Waals surface area contributed by atoms with Crippen LogP contribution in [0.2, 0.25) is 0 Å². The van der Waals surface area contributed by atoms with E-state index in [2.05, 4.69) is 10.2 Å². The van der Waals surface area contributed by atoms with Crippen LogP contribution in [0.15, 0.2) is 18.2 Å². The lowest BCUT2D eigenvalue weighted by Gasteiger charge is -2.34. The molecule has 1 saturated carbocycles. The van der Waals surface area contributed by atoms with E-state index in [1.807, 2.05) is 11.9 Å². The first kappa shape index (κ1) is 17.5. The summed E-state index contributed by atoms with van der Waals surface area (Å²) in [5.41, 5.74) is -0.302. The van der Waals surface area contributed by atoms with Gasteiger partial charge in [0.05, 0.1) is 14.2 Å². The fourth-order valence-electron chi connectivity index (χ4n) is 3.14. The van der Waals surface area contributed by atoms with Gasteiger partial charge >= 0.3 is 0 Å². The molecule has 1 aliphatic heterocycles. The zero-order chi connectivity index (χ0) is 18.0. The largest absolute Gasteiger partial charge is 0.493 e. The van der Waals surface area contributed by atoms with Gasteiger partial charge in [0.2, 0.25) is 11.8 Å². The Labute approximate surface area is 147 Å². The second kappa shape index (κ2) is 6.92. The Balaban J connectivity index is 1.69. The molecular weight excluding hydrogens is 322 g/mol. The number of amides is 2. The Morgan fingerprint density at radius 2 is 1.68 bits per heavy atom. The van der Waals surface area contributed by atoms with Gasteiger partial charge in [-0.25, -0.2) is 0 Å². The van der Waals surface area contributed by atoms with E-state index in [-0.39, 0.29) is 11.8 Å². The van der Waals surface area contributed by atoms with Crippen molar-refractivity contribution in [3.05, 3.63) is 18.2 Å². The normalized spacial score (nSPS) is 19.2. The molecule has 0 spiro atoms. The highest BCUT2D eigenvalue weighted by atomic mass is 16.5. The summed E-state index contributed by atoms with van der Waals surface area (Å²) in [6.07, 6.45) is 1.22. The average molecular weight is 347 g/mol. The van der Waals surface area contributed by atoms with Crippen molar-refractivity contribution in [1.82, 2.24) is 9.80 Å². The number of carbonyl (C=O) groups is 2. The van der Waals surface area contributed by atoms with Gasteiger partial charge in [0.1, 0.15) is 5.41 Å². The fraction of sp³-hybridized carbons (Fsp3) is 0.556. The smallest absolute Gasteiger partial charge is 0.240 e. The highest BCUT2D eigenvalue weighted by molar-refractivity contribution is 6.13. The number of hydrogen-bond acceptors (Lipinski definition) is 5. The molecule has 2 fully saturated rings. The van der Waals surface area contributed by atoms with Crippen LogP contribution in [-0.4, -0.2) is 69.1 Å². The summed E-state index contributed by atoms with van der Waals surface area (Å²) < 4.78 is 10.5. The molecule has 2 amide bonds. The summed E-state index contributed by atoms with van der Waals surface area (Å²) in [7, 11) is 5.14. The zero-order valence-corrected chi connectivity index (χ0v) is 15.0. The maximum absolute atomic E-state index is 12.8. The second-order valence-corrected chi connectivity index (χ2v) is 6.70. The van der Waals surface area contributed by atoms with Crippen molar-refractivity contribution in [3.63, 3.8) is 0 Å². The number of methoxy groups -OCH3 is 2. The Kier molecular flexibility index (Phi) is 4.85. The molecule has 0 atom stereocenters. The molecule has 1 aromatic carbocycles. The van der Waals surface area contributed by atoms with E-state index >= 15 is 0 Å². The molecule has 0 unspecified atom stereocenters. The second-order valence-electron chi connectivity index (χ2n) is 6.70. The molecule has 7 heteroatoms. The lowest BCUT2D eigenvalue weighted by molar-refractivity contribution is -0.143. The molecule has 3 rings (SSSR count). The Morgan fingerprint density at radius 1 is 1.04 bits per heavy atom. The highest BCUT2D eigenvalue weighted by Crippen LogP contribution is 2.48. The molecule has 1 heterocycles. The number of nitrogens with one attached hydrogen (secondary N) is 1. The Bertz CT molecular complexity index is 664. The van der Waals surface area contributed by atoms with Gasteiger partial charge in [-0.3, -0.25) is 9.59 Å². The summed E-state index contributed by atoms with van der Waals surface area (Å²) in [4.78, 5) is 29.6. The van der Waals surface area contributed by atoms with Gasteiger partial charge in [-0.15, -0.1) is 0 Å². The van der Waals surface area contributed by atoms with Crippen LogP contribution in [0.5, 0.6) is 11.5 Å². The molecular formula is C18H25N3O4. The van der Waals surface area contributed by atoms with E-state index in [0.717, 1.165) is 13.1 Å². The monoisotopic (exact) mass is 347 g/mol. The van der Waals surface area contributed by atoms with Crippen LogP contribution in [0.25, 0.3) is 0 Å². The Morgan fingerprint density at radius 3 is 2.24 bits per heavy atom. The maximum atomic E-state index is 12.8. The third kappa shape index (κ3) is 3.42. The van der Waals surface area contributed by atoms with Crippen molar-refractivity contribution >= 4 is 17.5 Å². The summed E-state index contributed by atoms with van der Waals surface area (Å²) in [6.45, 7) is 3.06. The van der Waals surface area contributed by atoms with Crippen molar-refractivity contribution in [3.8, 4) is 11.5 Å². The first-order valence-corrected chi connectivity index (χ1v) is 8.51. The van der Waals surface area contributed by atoms with E-state index in [1.54, 1.807) is 32.4 Å².